The standard InChI is InChI=1S/C11H17NO4/c1-9-10(3-7-16-9)11(14)12(4-6-13)5-8-15-2/h3,7,13H,4-6,8H2,1-2H3. The van der Waals surface area contributed by atoms with Crippen LogP contribution >= 0.6 is 0 Å². The minimum absolute atomic E-state index is 0.0631. The number of hydrogen-bond donors (Lipinski definition) is 1. The van der Waals surface area contributed by atoms with E-state index >= 15 is 0 Å². The summed E-state index contributed by atoms with van der Waals surface area (Å²) in [5.41, 5.74) is 0.532. The van der Waals surface area contributed by atoms with Gasteiger partial charge in [-0.15, -0.1) is 0 Å². The van der Waals surface area contributed by atoms with Crippen LogP contribution in [0.4, 0.5) is 0 Å². The van der Waals surface area contributed by atoms with Crippen molar-refractivity contribution in [3.8, 4) is 0 Å². The molecule has 5 heteroatoms. The van der Waals surface area contributed by atoms with Gasteiger partial charge in [-0.25, -0.2) is 0 Å². The van der Waals surface area contributed by atoms with E-state index in [1.807, 2.05) is 0 Å². The number of hydrogen-bond acceptors (Lipinski definition) is 4. The molecule has 1 N–H and O–H groups in total. The topological polar surface area (TPSA) is 62.9 Å². The molecule has 0 unspecified atom stereocenters. The summed E-state index contributed by atoms with van der Waals surface area (Å²) < 4.78 is 9.99. The van der Waals surface area contributed by atoms with E-state index in [4.69, 9.17) is 14.3 Å². The highest BCUT2D eigenvalue weighted by Crippen LogP contribution is 2.11. The smallest absolute Gasteiger partial charge is 0.257 e. The second kappa shape index (κ2) is 6.30. The molecule has 0 aliphatic rings. The van der Waals surface area contributed by atoms with Gasteiger partial charge in [0.2, 0.25) is 0 Å². The molecule has 1 amide bonds. The highest BCUT2D eigenvalue weighted by molar-refractivity contribution is 5.95. The molecule has 1 aromatic heterocycles. The van der Waals surface area contributed by atoms with Crippen LogP contribution in [0.5, 0.6) is 0 Å². The number of nitrogens with zero attached hydrogens (tertiary/aromatic N) is 1. The second-order valence-corrected chi connectivity index (χ2v) is 3.40. The molecular weight excluding hydrogens is 210 g/mol. The molecule has 0 atom stereocenters. The van der Waals surface area contributed by atoms with Crippen LogP contribution in [0.15, 0.2) is 16.7 Å². The minimum atomic E-state index is -0.141. The van der Waals surface area contributed by atoms with Gasteiger partial charge >= 0.3 is 0 Å². The number of furan rings is 1. The molecule has 0 aromatic carbocycles. The minimum Gasteiger partial charge on any atom is -0.469 e. The van der Waals surface area contributed by atoms with E-state index in [1.54, 1.807) is 25.0 Å². The Hall–Kier alpha value is -1.33. The summed E-state index contributed by atoms with van der Waals surface area (Å²) in [5.74, 6) is 0.447. The third kappa shape index (κ3) is 3.08. The largest absolute Gasteiger partial charge is 0.469 e. The van der Waals surface area contributed by atoms with Crippen LogP contribution < -0.4 is 0 Å². The maximum atomic E-state index is 12.0. The molecule has 16 heavy (non-hydrogen) atoms. The van der Waals surface area contributed by atoms with Gasteiger partial charge in [0.15, 0.2) is 0 Å². The van der Waals surface area contributed by atoms with E-state index in [9.17, 15) is 4.79 Å². The number of aliphatic hydroxyl groups excluding tert-OH is 1. The summed E-state index contributed by atoms with van der Waals surface area (Å²) in [6.45, 7) is 2.88. The first kappa shape index (κ1) is 12.7. The second-order valence-electron chi connectivity index (χ2n) is 3.40. The lowest BCUT2D eigenvalue weighted by molar-refractivity contribution is 0.0655. The maximum absolute atomic E-state index is 12.0. The van der Waals surface area contributed by atoms with Crippen LogP contribution in [-0.2, 0) is 4.74 Å². The van der Waals surface area contributed by atoms with E-state index in [-0.39, 0.29) is 12.5 Å². The van der Waals surface area contributed by atoms with E-state index < -0.39 is 0 Å². The Kier molecular flexibility index (Phi) is 5.01. The monoisotopic (exact) mass is 227 g/mol. The Morgan fingerprint density at radius 1 is 1.56 bits per heavy atom. The number of carbonyl (C=O) groups is 1. The van der Waals surface area contributed by atoms with Crippen LogP contribution in [0.3, 0.4) is 0 Å². The zero-order valence-electron chi connectivity index (χ0n) is 9.60. The fourth-order valence-corrected chi connectivity index (χ4v) is 1.41. The first-order valence-electron chi connectivity index (χ1n) is 5.14. The number of carbonyl (C=O) groups excluding carboxylic acids is 1. The SMILES string of the molecule is COCCN(CCO)C(=O)c1ccoc1C. The lowest BCUT2D eigenvalue weighted by atomic mass is 10.2. The van der Waals surface area contributed by atoms with Gasteiger partial charge in [0, 0.05) is 20.2 Å². The molecule has 1 aromatic rings. The summed E-state index contributed by atoms with van der Waals surface area (Å²) in [7, 11) is 1.57. The predicted octanol–water partition coefficient (Wildman–Crippen LogP) is 0.669. The number of rotatable bonds is 6. The Balaban J connectivity index is 2.70. The zero-order chi connectivity index (χ0) is 12.0. The fourth-order valence-electron chi connectivity index (χ4n) is 1.41. The van der Waals surface area contributed by atoms with Gasteiger partial charge in [-0.3, -0.25) is 4.79 Å². The summed E-state index contributed by atoms with van der Waals surface area (Å²) in [6.07, 6.45) is 1.48. The van der Waals surface area contributed by atoms with Gasteiger partial charge in [-0.1, -0.05) is 0 Å². The van der Waals surface area contributed by atoms with Gasteiger partial charge in [-0.2, -0.15) is 0 Å². The van der Waals surface area contributed by atoms with Crippen molar-refractivity contribution < 1.29 is 19.1 Å². The van der Waals surface area contributed by atoms with Gasteiger partial charge in [0.25, 0.3) is 5.91 Å². The molecule has 90 valence electrons. The molecule has 5 nitrogen and oxygen atoms in total. The van der Waals surface area contributed by atoms with Crippen molar-refractivity contribution in [3.63, 3.8) is 0 Å². The Morgan fingerprint density at radius 2 is 2.31 bits per heavy atom. The first-order chi connectivity index (χ1) is 7.70. The maximum Gasteiger partial charge on any atom is 0.257 e. The van der Waals surface area contributed by atoms with E-state index in [0.29, 0.717) is 31.0 Å². The Morgan fingerprint density at radius 3 is 2.81 bits per heavy atom. The number of amides is 1. The number of aliphatic hydroxyl groups is 1. The molecule has 0 spiro atoms. The van der Waals surface area contributed by atoms with E-state index in [0.717, 1.165) is 0 Å². The molecule has 0 radical (unpaired) electrons. The van der Waals surface area contributed by atoms with Gasteiger partial charge in [0.05, 0.1) is 25.0 Å². The third-order valence-electron chi connectivity index (χ3n) is 2.31. The molecule has 0 bridgehead atoms. The molecule has 0 saturated carbocycles. The van der Waals surface area contributed by atoms with E-state index in [2.05, 4.69) is 0 Å². The van der Waals surface area contributed by atoms with Crippen molar-refractivity contribution >= 4 is 5.91 Å². The molecule has 0 saturated heterocycles. The average Bonchev–Trinajstić information content (AvgIpc) is 2.69. The van der Waals surface area contributed by atoms with Gasteiger partial charge in [-0.05, 0) is 13.0 Å². The van der Waals surface area contributed by atoms with Crippen LogP contribution in [0.1, 0.15) is 16.1 Å². The molecule has 0 aliphatic heterocycles. The molecule has 1 heterocycles. The van der Waals surface area contributed by atoms with E-state index in [1.165, 1.54) is 6.26 Å². The first-order valence-corrected chi connectivity index (χ1v) is 5.14. The predicted molar refractivity (Wildman–Crippen MR) is 58.3 cm³/mol. The highest BCUT2D eigenvalue weighted by atomic mass is 16.5. The third-order valence-corrected chi connectivity index (χ3v) is 2.31. The Bertz CT molecular complexity index is 334. The number of aryl methyl sites for hydroxylation is 1. The zero-order valence-corrected chi connectivity index (χ0v) is 9.60. The van der Waals surface area contributed by atoms with Gasteiger partial charge in [0.1, 0.15) is 5.76 Å². The Labute approximate surface area is 94.6 Å². The highest BCUT2D eigenvalue weighted by Gasteiger charge is 2.18. The van der Waals surface area contributed by atoms with Crippen LogP contribution in [0.2, 0.25) is 0 Å². The molecular formula is C11H17NO4. The molecule has 1 rings (SSSR count). The normalized spacial score (nSPS) is 10.4. The average molecular weight is 227 g/mol. The summed E-state index contributed by atoms with van der Waals surface area (Å²) in [5, 5.41) is 8.89. The summed E-state index contributed by atoms with van der Waals surface area (Å²) >= 11 is 0. The quantitative estimate of drug-likeness (QED) is 0.775. The van der Waals surface area contributed by atoms with Crippen molar-refractivity contribution in [3.05, 3.63) is 23.7 Å². The van der Waals surface area contributed by atoms with Crippen LogP contribution in [0.25, 0.3) is 0 Å². The molecule has 0 fully saturated rings. The van der Waals surface area contributed by atoms with Crippen molar-refractivity contribution in [2.24, 2.45) is 0 Å². The van der Waals surface area contributed by atoms with Crippen molar-refractivity contribution in [1.29, 1.82) is 0 Å². The number of ether oxygens (including phenoxy) is 1. The van der Waals surface area contributed by atoms with Crippen LogP contribution in [0, 0.1) is 6.92 Å². The van der Waals surface area contributed by atoms with Crippen LogP contribution in [-0.4, -0.2) is 49.3 Å². The molecule has 0 aliphatic carbocycles. The number of methoxy groups -OCH3 is 1. The fraction of sp³-hybridized carbons (Fsp3) is 0.545. The van der Waals surface area contributed by atoms with Crippen molar-refractivity contribution in [2.45, 2.75) is 6.92 Å². The van der Waals surface area contributed by atoms with Crippen molar-refractivity contribution in [1.82, 2.24) is 4.90 Å². The summed E-state index contributed by atoms with van der Waals surface area (Å²) in [4.78, 5) is 13.6. The van der Waals surface area contributed by atoms with Gasteiger partial charge < -0.3 is 19.2 Å². The van der Waals surface area contributed by atoms with Crippen molar-refractivity contribution in [2.75, 3.05) is 33.4 Å². The summed E-state index contributed by atoms with van der Waals surface area (Å²) in [6, 6.07) is 1.63. The lowest BCUT2D eigenvalue weighted by Crippen LogP contribution is -2.36. The lowest BCUT2D eigenvalue weighted by Gasteiger charge is -2.20.